The molecule has 0 radical (unpaired) electrons. The summed E-state index contributed by atoms with van der Waals surface area (Å²) in [6.45, 7) is 2.23. The van der Waals surface area contributed by atoms with Gasteiger partial charge in [0.25, 0.3) is 5.56 Å². The number of aromatic nitrogens is 2. The van der Waals surface area contributed by atoms with Gasteiger partial charge in [0.15, 0.2) is 11.5 Å². The van der Waals surface area contributed by atoms with E-state index in [1.165, 1.54) is 6.26 Å². The first-order chi connectivity index (χ1) is 10.6. The van der Waals surface area contributed by atoms with Crippen molar-refractivity contribution in [2.45, 2.75) is 13.5 Å². The van der Waals surface area contributed by atoms with Gasteiger partial charge in [-0.25, -0.2) is 0 Å². The standard InChI is InChI=1S/C16H16N2O4/c1-10-6-16(19)18(9-11-4-5-22-17-11)13-8-15(21-3)14(20-2)7-12(10)13/h4-8H,9H2,1-3H3. The van der Waals surface area contributed by atoms with Crippen LogP contribution in [0.1, 0.15) is 11.3 Å². The average molecular weight is 300 g/mol. The molecular formula is C16H16N2O4. The van der Waals surface area contributed by atoms with E-state index in [4.69, 9.17) is 14.0 Å². The molecule has 2 aromatic heterocycles. The van der Waals surface area contributed by atoms with E-state index in [-0.39, 0.29) is 5.56 Å². The molecule has 0 aliphatic heterocycles. The van der Waals surface area contributed by atoms with E-state index in [1.54, 1.807) is 30.9 Å². The molecule has 0 spiro atoms. The van der Waals surface area contributed by atoms with Gasteiger partial charge in [-0.3, -0.25) is 4.79 Å². The van der Waals surface area contributed by atoms with Crippen molar-refractivity contribution in [1.82, 2.24) is 9.72 Å². The number of rotatable bonds is 4. The zero-order chi connectivity index (χ0) is 15.7. The van der Waals surface area contributed by atoms with Crippen molar-refractivity contribution in [1.29, 1.82) is 0 Å². The molecule has 2 heterocycles. The second-order valence-corrected chi connectivity index (χ2v) is 4.97. The largest absolute Gasteiger partial charge is 0.493 e. The number of benzene rings is 1. The van der Waals surface area contributed by atoms with E-state index in [0.717, 1.165) is 16.5 Å². The number of methoxy groups -OCH3 is 2. The van der Waals surface area contributed by atoms with E-state index in [2.05, 4.69) is 5.16 Å². The maximum Gasteiger partial charge on any atom is 0.251 e. The summed E-state index contributed by atoms with van der Waals surface area (Å²) in [5.41, 5.74) is 2.24. The molecule has 6 heteroatoms. The number of aryl methyl sites for hydroxylation is 1. The number of hydrogen-bond donors (Lipinski definition) is 0. The SMILES string of the molecule is COc1cc2c(C)cc(=O)n(Cc3ccon3)c2cc1OC. The molecule has 3 rings (SSSR count). The highest BCUT2D eigenvalue weighted by Gasteiger charge is 2.13. The molecule has 22 heavy (non-hydrogen) atoms. The molecular weight excluding hydrogens is 284 g/mol. The number of ether oxygens (including phenoxy) is 2. The fourth-order valence-electron chi connectivity index (χ4n) is 2.51. The molecule has 0 N–H and O–H groups in total. The predicted octanol–water partition coefficient (Wildman–Crippen LogP) is 2.36. The van der Waals surface area contributed by atoms with Crippen LogP contribution in [0.2, 0.25) is 0 Å². The van der Waals surface area contributed by atoms with Crippen molar-refractivity contribution < 1.29 is 14.0 Å². The van der Waals surface area contributed by atoms with Crippen LogP contribution >= 0.6 is 0 Å². The van der Waals surface area contributed by atoms with Crippen LogP contribution < -0.4 is 15.0 Å². The summed E-state index contributed by atoms with van der Waals surface area (Å²) in [5, 5.41) is 4.80. The molecule has 3 aromatic rings. The minimum atomic E-state index is -0.0970. The molecule has 0 saturated carbocycles. The summed E-state index contributed by atoms with van der Waals surface area (Å²) < 4.78 is 17.2. The van der Waals surface area contributed by atoms with Gasteiger partial charge in [-0.15, -0.1) is 0 Å². The van der Waals surface area contributed by atoms with Crippen molar-refractivity contribution in [3.05, 3.63) is 52.1 Å². The first-order valence-corrected chi connectivity index (χ1v) is 6.79. The average Bonchev–Trinajstić information content (AvgIpc) is 3.03. The fourth-order valence-corrected chi connectivity index (χ4v) is 2.51. The molecule has 1 aromatic carbocycles. The lowest BCUT2D eigenvalue weighted by molar-refractivity contribution is 0.355. The Kier molecular flexibility index (Phi) is 3.58. The zero-order valence-electron chi connectivity index (χ0n) is 12.6. The van der Waals surface area contributed by atoms with Gasteiger partial charge in [-0.05, 0) is 18.6 Å². The summed E-state index contributed by atoms with van der Waals surface area (Å²) in [4.78, 5) is 12.4. The van der Waals surface area contributed by atoms with Crippen molar-refractivity contribution in [3.63, 3.8) is 0 Å². The predicted molar refractivity (Wildman–Crippen MR) is 81.7 cm³/mol. The Morgan fingerprint density at radius 1 is 1.18 bits per heavy atom. The summed E-state index contributed by atoms with van der Waals surface area (Å²) in [5.74, 6) is 1.21. The minimum Gasteiger partial charge on any atom is -0.493 e. The summed E-state index contributed by atoms with van der Waals surface area (Å²) in [6, 6.07) is 7.03. The van der Waals surface area contributed by atoms with Crippen LogP contribution in [-0.2, 0) is 6.54 Å². The molecule has 0 bridgehead atoms. The van der Waals surface area contributed by atoms with E-state index in [0.29, 0.717) is 23.7 Å². The van der Waals surface area contributed by atoms with Crippen molar-refractivity contribution >= 4 is 10.9 Å². The second-order valence-electron chi connectivity index (χ2n) is 4.97. The maximum atomic E-state index is 12.4. The van der Waals surface area contributed by atoms with Gasteiger partial charge in [-0.2, -0.15) is 0 Å². The van der Waals surface area contributed by atoms with Gasteiger partial charge in [-0.1, -0.05) is 5.16 Å². The lowest BCUT2D eigenvalue weighted by Crippen LogP contribution is -2.21. The Morgan fingerprint density at radius 3 is 2.55 bits per heavy atom. The summed E-state index contributed by atoms with van der Waals surface area (Å²) in [7, 11) is 3.16. The van der Waals surface area contributed by atoms with Crippen LogP contribution in [-0.4, -0.2) is 23.9 Å². The van der Waals surface area contributed by atoms with E-state index >= 15 is 0 Å². The highest BCUT2D eigenvalue weighted by molar-refractivity contribution is 5.86. The summed E-state index contributed by atoms with van der Waals surface area (Å²) in [6.07, 6.45) is 1.49. The monoisotopic (exact) mass is 300 g/mol. The Labute approximate surface area is 126 Å². The van der Waals surface area contributed by atoms with Crippen LogP contribution in [0.3, 0.4) is 0 Å². The Balaban J connectivity index is 2.28. The number of nitrogens with zero attached hydrogens (tertiary/aromatic N) is 2. The lowest BCUT2D eigenvalue weighted by atomic mass is 10.1. The molecule has 0 unspecified atom stereocenters. The van der Waals surface area contributed by atoms with Crippen molar-refractivity contribution in [2.75, 3.05) is 14.2 Å². The highest BCUT2D eigenvalue weighted by atomic mass is 16.5. The quantitative estimate of drug-likeness (QED) is 0.740. The number of pyridine rings is 1. The molecule has 0 atom stereocenters. The topological polar surface area (TPSA) is 66.5 Å². The van der Waals surface area contributed by atoms with Crippen LogP contribution in [0.5, 0.6) is 11.5 Å². The zero-order valence-corrected chi connectivity index (χ0v) is 12.6. The van der Waals surface area contributed by atoms with Crippen LogP contribution in [0.15, 0.2) is 39.8 Å². The van der Waals surface area contributed by atoms with Gasteiger partial charge < -0.3 is 18.6 Å². The third-order valence-corrected chi connectivity index (χ3v) is 3.63. The Bertz CT molecular complexity index is 866. The van der Waals surface area contributed by atoms with Gasteiger partial charge in [0.2, 0.25) is 0 Å². The molecule has 0 aliphatic rings. The first kappa shape index (κ1) is 14.2. The van der Waals surface area contributed by atoms with Crippen molar-refractivity contribution in [2.24, 2.45) is 0 Å². The lowest BCUT2D eigenvalue weighted by Gasteiger charge is -2.14. The molecule has 0 fully saturated rings. The van der Waals surface area contributed by atoms with Crippen LogP contribution in [0.4, 0.5) is 0 Å². The molecule has 0 saturated heterocycles. The van der Waals surface area contributed by atoms with E-state index < -0.39 is 0 Å². The van der Waals surface area contributed by atoms with Gasteiger partial charge in [0.1, 0.15) is 12.0 Å². The third kappa shape index (κ3) is 2.32. The maximum absolute atomic E-state index is 12.4. The van der Waals surface area contributed by atoms with Gasteiger partial charge in [0.05, 0.1) is 26.3 Å². The molecule has 0 aliphatic carbocycles. The number of fused-ring (bicyclic) bond motifs is 1. The second kappa shape index (κ2) is 5.55. The van der Waals surface area contributed by atoms with E-state index in [1.807, 2.05) is 19.1 Å². The fraction of sp³-hybridized carbons (Fsp3) is 0.250. The molecule has 114 valence electrons. The molecule has 6 nitrogen and oxygen atoms in total. The Morgan fingerprint density at radius 2 is 1.91 bits per heavy atom. The van der Waals surface area contributed by atoms with E-state index in [9.17, 15) is 4.79 Å². The Hall–Kier alpha value is -2.76. The smallest absolute Gasteiger partial charge is 0.251 e. The van der Waals surface area contributed by atoms with Crippen LogP contribution in [0.25, 0.3) is 10.9 Å². The highest BCUT2D eigenvalue weighted by Crippen LogP contribution is 2.33. The molecule has 0 amide bonds. The number of hydrogen-bond acceptors (Lipinski definition) is 5. The van der Waals surface area contributed by atoms with Gasteiger partial charge in [0, 0.05) is 23.6 Å². The summed E-state index contributed by atoms with van der Waals surface area (Å²) >= 11 is 0. The minimum absolute atomic E-state index is 0.0970. The first-order valence-electron chi connectivity index (χ1n) is 6.79. The van der Waals surface area contributed by atoms with Crippen molar-refractivity contribution in [3.8, 4) is 11.5 Å². The van der Waals surface area contributed by atoms with Crippen LogP contribution in [0, 0.1) is 6.92 Å². The third-order valence-electron chi connectivity index (χ3n) is 3.63. The van der Waals surface area contributed by atoms with Gasteiger partial charge >= 0.3 is 0 Å². The normalized spacial score (nSPS) is 10.9.